The maximum Gasteiger partial charge on any atom is 0.191 e. The molecule has 5 nitrogen and oxygen atoms in total. The fraction of sp³-hybridized carbons (Fsp3) is 0.588. The summed E-state index contributed by atoms with van der Waals surface area (Å²) in [5.41, 5.74) is 1.20. The molecule has 0 amide bonds. The number of benzene rings is 1. The zero-order valence-corrected chi connectivity index (χ0v) is 14.1. The fourth-order valence-corrected chi connectivity index (χ4v) is 2.60. The number of ether oxygens (including phenoxy) is 1. The van der Waals surface area contributed by atoms with E-state index in [1.807, 2.05) is 19.2 Å². The molecule has 22 heavy (non-hydrogen) atoms. The molecule has 0 aliphatic heterocycles. The Morgan fingerprint density at radius 3 is 2.45 bits per heavy atom. The average molecular weight is 304 g/mol. The van der Waals surface area contributed by atoms with Gasteiger partial charge in [0.15, 0.2) is 5.96 Å². The first-order valence-corrected chi connectivity index (χ1v) is 7.88. The molecule has 0 aromatic heterocycles. The standard InChI is InChI=1S/C17H28N4O/c1-18-17(20-12-16(21(2)3)14-7-8-14)19-11-13-5-9-15(22-4)10-6-13/h5-6,9-10,14,16H,7-8,11-12H2,1-4H3,(H2,18,19,20). The van der Waals surface area contributed by atoms with Crippen molar-refractivity contribution in [1.29, 1.82) is 0 Å². The number of likely N-dealkylation sites (N-methyl/N-ethyl adjacent to an activating group) is 1. The largest absolute Gasteiger partial charge is 0.497 e. The zero-order chi connectivity index (χ0) is 15.9. The van der Waals surface area contributed by atoms with Crippen LogP contribution in [0.25, 0.3) is 0 Å². The highest BCUT2D eigenvalue weighted by atomic mass is 16.5. The maximum atomic E-state index is 5.17. The normalized spacial score (nSPS) is 16.5. The molecule has 2 N–H and O–H groups in total. The quantitative estimate of drug-likeness (QED) is 0.595. The molecule has 0 saturated heterocycles. The second-order valence-electron chi connectivity index (χ2n) is 6.02. The average Bonchev–Trinajstić information content (AvgIpc) is 3.35. The van der Waals surface area contributed by atoms with E-state index in [0.29, 0.717) is 6.04 Å². The molecule has 2 rings (SSSR count). The van der Waals surface area contributed by atoms with Crippen molar-refractivity contribution in [1.82, 2.24) is 15.5 Å². The highest BCUT2D eigenvalue weighted by Crippen LogP contribution is 2.34. The van der Waals surface area contributed by atoms with E-state index in [9.17, 15) is 0 Å². The summed E-state index contributed by atoms with van der Waals surface area (Å²) >= 11 is 0. The number of nitrogens with zero attached hydrogens (tertiary/aromatic N) is 2. The molecule has 5 heteroatoms. The van der Waals surface area contributed by atoms with E-state index >= 15 is 0 Å². The predicted molar refractivity (Wildman–Crippen MR) is 91.4 cm³/mol. The maximum absolute atomic E-state index is 5.17. The summed E-state index contributed by atoms with van der Waals surface area (Å²) in [5, 5.41) is 6.79. The second kappa shape index (κ2) is 8.03. The summed E-state index contributed by atoms with van der Waals surface area (Å²) in [7, 11) is 7.79. The first-order chi connectivity index (χ1) is 10.6. The molecule has 1 aliphatic rings. The SMILES string of the molecule is CN=C(NCc1ccc(OC)cc1)NCC(C1CC1)N(C)C. The summed E-state index contributed by atoms with van der Waals surface area (Å²) in [6.07, 6.45) is 2.70. The summed E-state index contributed by atoms with van der Waals surface area (Å²) in [4.78, 5) is 6.61. The van der Waals surface area contributed by atoms with Gasteiger partial charge < -0.3 is 20.3 Å². The minimum atomic E-state index is 0.583. The molecule has 0 bridgehead atoms. The topological polar surface area (TPSA) is 48.9 Å². The summed E-state index contributed by atoms with van der Waals surface area (Å²) in [6.45, 7) is 1.68. The van der Waals surface area contributed by atoms with E-state index in [2.05, 4.69) is 46.8 Å². The lowest BCUT2D eigenvalue weighted by Gasteiger charge is -2.25. The molecule has 0 radical (unpaired) electrons. The van der Waals surface area contributed by atoms with Gasteiger partial charge in [0, 0.05) is 26.2 Å². The van der Waals surface area contributed by atoms with Gasteiger partial charge in [0.1, 0.15) is 5.75 Å². The Labute approximate surface area is 133 Å². The van der Waals surface area contributed by atoms with Crippen LogP contribution in [0.3, 0.4) is 0 Å². The van der Waals surface area contributed by atoms with Crippen LogP contribution in [0.15, 0.2) is 29.3 Å². The third kappa shape index (κ3) is 4.91. The second-order valence-corrected chi connectivity index (χ2v) is 6.02. The van der Waals surface area contributed by atoms with Gasteiger partial charge in [-0.3, -0.25) is 4.99 Å². The van der Waals surface area contributed by atoms with Gasteiger partial charge in [-0.05, 0) is 50.6 Å². The van der Waals surface area contributed by atoms with Crippen LogP contribution in [0.1, 0.15) is 18.4 Å². The number of rotatable bonds is 7. The van der Waals surface area contributed by atoms with Crippen molar-refractivity contribution in [3.63, 3.8) is 0 Å². The van der Waals surface area contributed by atoms with Gasteiger partial charge in [-0.1, -0.05) is 12.1 Å². The first kappa shape index (κ1) is 16.6. The number of methoxy groups -OCH3 is 1. The van der Waals surface area contributed by atoms with Crippen LogP contribution >= 0.6 is 0 Å². The molecular formula is C17H28N4O. The minimum absolute atomic E-state index is 0.583. The number of hydrogen-bond acceptors (Lipinski definition) is 3. The third-order valence-corrected chi connectivity index (χ3v) is 4.15. The molecule has 122 valence electrons. The van der Waals surface area contributed by atoms with E-state index in [1.165, 1.54) is 18.4 Å². The fourth-order valence-electron chi connectivity index (χ4n) is 2.60. The van der Waals surface area contributed by atoms with E-state index in [4.69, 9.17) is 4.74 Å². The molecule has 0 heterocycles. The van der Waals surface area contributed by atoms with Gasteiger partial charge in [-0.25, -0.2) is 0 Å². The van der Waals surface area contributed by atoms with Crippen molar-refractivity contribution < 1.29 is 4.74 Å². The van der Waals surface area contributed by atoms with Crippen molar-refractivity contribution in [2.24, 2.45) is 10.9 Å². The molecule has 0 spiro atoms. The lowest BCUT2D eigenvalue weighted by Crippen LogP contribution is -2.45. The number of nitrogens with one attached hydrogen (secondary N) is 2. The first-order valence-electron chi connectivity index (χ1n) is 7.88. The molecule has 1 atom stereocenters. The highest BCUT2D eigenvalue weighted by Gasteiger charge is 2.32. The van der Waals surface area contributed by atoms with Crippen LogP contribution in [-0.4, -0.2) is 51.7 Å². The highest BCUT2D eigenvalue weighted by molar-refractivity contribution is 5.79. The smallest absolute Gasteiger partial charge is 0.191 e. The number of guanidine groups is 1. The van der Waals surface area contributed by atoms with Crippen LogP contribution in [0, 0.1) is 5.92 Å². The van der Waals surface area contributed by atoms with Gasteiger partial charge in [0.05, 0.1) is 7.11 Å². The van der Waals surface area contributed by atoms with Gasteiger partial charge >= 0.3 is 0 Å². The summed E-state index contributed by atoms with van der Waals surface area (Å²) in [5.74, 6) is 2.56. The van der Waals surface area contributed by atoms with Crippen LogP contribution in [0.2, 0.25) is 0 Å². The number of hydrogen-bond donors (Lipinski definition) is 2. The van der Waals surface area contributed by atoms with Crippen molar-refractivity contribution >= 4 is 5.96 Å². The minimum Gasteiger partial charge on any atom is -0.497 e. The Bertz CT molecular complexity index is 478. The van der Waals surface area contributed by atoms with Gasteiger partial charge in [0.25, 0.3) is 0 Å². The molecule has 1 aromatic rings. The Morgan fingerprint density at radius 1 is 1.27 bits per heavy atom. The Morgan fingerprint density at radius 2 is 1.95 bits per heavy atom. The van der Waals surface area contributed by atoms with Crippen LogP contribution in [-0.2, 0) is 6.54 Å². The van der Waals surface area contributed by atoms with Crippen LogP contribution < -0.4 is 15.4 Å². The van der Waals surface area contributed by atoms with Gasteiger partial charge in [-0.15, -0.1) is 0 Å². The van der Waals surface area contributed by atoms with Crippen molar-refractivity contribution in [3.8, 4) is 5.75 Å². The zero-order valence-electron chi connectivity index (χ0n) is 14.1. The molecule has 1 saturated carbocycles. The molecule has 1 aliphatic carbocycles. The van der Waals surface area contributed by atoms with E-state index in [-0.39, 0.29) is 0 Å². The monoisotopic (exact) mass is 304 g/mol. The molecular weight excluding hydrogens is 276 g/mol. The van der Waals surface area contributed by atoms with Crippen LogP contribution in [0.4, 0.5) is 0 Å². The number of aliphatic imine (C=N–C) groups is 1. The summed E-state index contributed by atoms with van der Waals surface area (Å²) < 4.78 is 5.17. The van der Waals surface area contributed by atoms with Gasteiger partial charge in [0.2, 0.25) is 0 Å². The predicted octanol–water partition coefficient (Wildman–Crippen LogP) is 1.70. The van der Waals surface area contributed by atoms with E-state index in [0.717, 1.165) is 30.7 Å². The van der Waals surface area contributed by atoms with E-state index in [1.54, 1.807) is 7.11 Å². The Kier molecular flexibility index (Phi) is 6.07. The van der Waals surface area contributed by atoms with Crippen LogP contribution in [0.5, 0.6) is 5.75 Å². The van der Waals surface area contributed by atoms with E-state index < -0.39 is 0 Å². The van der Waals surface area contributed by atoms with Crippen molar-refractivity contribution in [2.75, 3.05) is 34.8 Å². The molecule has 1 fully saturated rings. The Balaban J connectivity index is 1.79. The van der Waals surface area contributed by atoms with Crippen molar-refractivity contribution in [2.45, 2.75) is 25.4 Å². The lowest BCUT2D eigenvalue weighted by molar-refractivity contribution is 0.264. The summed E-state index contributed by atoms with van der Waals surface area (Å²) in [6, 6.07) is 8.65. The van der Waals surface area contributed by atoms with Gasteiger partial charge in [-0.2, -0.15) is 0 Å². The third-order valence-electron chi connectivity index (χ3n) is 4.15. The lowest BCUT2D eigenvalue weighted by atomic mass is 10.1. The molecule has 1 unspecified atom stereocenters. The molecule has 1 aromatic carbocycles. The Hall–Kier alpha value is -1.75. The van der Waals surface area contributed by atoms with Crippen molar-refractivity contribution in [3.05, 3.63) is 29.8 Å².